The molecular formula is C31H57N7O14. The number of carbonyl (C=O) groups is 6. The highest BCUT2D eigenvalue weighted by Crippen LogP contribution is 2.10. The second-order valence-electron chi connectivity index (χ2n) is 11.3. The van der Waals surface area contributed by atoms with E-state index in [0.717, 1.165) is 57.2 Å². The van der Waals surface area contributed by atoms with Gasteiger partial charge in [-0.3, -0.25) is 28.8 Å². The summed E-state index contributed by atoms with van der Waals surface area (Å²) in [7, 11) is 0. The minimum absolute atomic E-state index is 0.160. The molecule has 0 aliphatic carbocycles. The standard InChI is InChI=1S/C9H11NO3.C6H14N2O2.2C5H9NO2.C3H7NO3.C3H7NO2/c10-8(9(12)13)5-6-1-3-7(11)4-2-6;7-4-2-1-3-5(8)6(9)10;2*7-5(8)4-2-1-3-6-4;4-2(1-5)3(6)7;1-2(4)3(5)6/h1-4,8,11H,5,10H2,(H,12,13);5H,1-4,7-8H2,(H,9,10);2*4,6H,1-3H2,(H,7,8);2,5H,1,4H2,(H,6,7);2H,4H2,1H3,(H,5,6)/t8-;5-;2*4-;2*2-/m000000/s1. The number of nitrogens with one attached hydrogen (secondary N) is 2. The number of phenols is 1. The Bertz CT molecular complexity index is 1140. The zero-order chi connectivity index (χ0) is 40.8. The van der Waals surface area contributed by atoms with Crippen molar-refractivity contribution in [3.8, 4) is 5.75 Å². The van der Waals surface area contributed by atoms with Gasteiger partial charge in [0.25, 0.3) is 0 Å². The second kappa shape index (κ2) is 31.3. The van der Waals surface area contributed by atoms with Crippen LogP contribution >= 0.6 is 0 Å². The van der Waals surface area contributed by atoms with Crippen molar-refractivity contribution in [2.45, 2.75) is 94.5 Å². The number of carboxylic acids is 6. The lowest BCUT2D eigenvalue weighted by Crippen LogP contribution is -2.33. The Morgan fingerprint density at radius 3 is 1.33 bits per heavy atom. The van der Waals surface area contributed by atoms with Gasteiger partial charge in [0, 0.05) is 0 Å². The van der Waals surface area contributed by atoms with Crippen LogP contribution in [0, 0.1) is 0 Å². The van der Waals surface area contributed by atoms with E-state index >= 15 is 0 Å². The van der Waals surface area contributed by atoms with Gasteiger partial charge in [-0.05, 0) is 89.2 Å². The van der Waals surface area contributed by atoms with Gasteiger partial charge >= 0.3 is 35.8 Å². The Kier molecular flexibility index (Phi) is 31.2. The molecule has 1 aromatic rings. The van der Waals surface area contributed by atoms with E-state index in [9.17, 15) is 28.8 Å². The highest BCUT2D eigenvalue weighted by atomic mass is 16.4. The van der Waals surface area contributed by atoms with Crippen molar-refractivity contribution in [2.75, 3.05) is 26.2 Å². The first-order valence-corrected chi connectivity index (χ1v) is 16.2. The van der Waals surface area contributed by atoms with Crippen molar-refractivity contribution in [3.63, 3.8) is 0 Å². The lowest BCUT2D eigenvalue weighted by molar-refractivity contribution is -0.140. The average molecular weight is 752 g/mol. The summed E-state index contributed by atoms with van der Waals surface area (Å²) in [6.45, 7) is 3.23. The third kappa shape index (κ3) is 30.4. The second-order valence-corrected chi connectivity index (χ2v) is 11.3. The Labute approximate surface area is 301 Å². The third-order valence-electron chi connectivity index (χ3n) is 6.62. The number of benzene rings is 1. The van der Waals surface area contributed by atoms with Crippen LogP contribution in [0.2, 0.25) is 0 Å². The molecule has 21 nitrogen and oxygen atoms in total. The van der Waals surface area contributed by atoms with Gasteiger partial charge in [-0.1, -0.05) is 18.6 Å². The summed E-state index contributed by atoms with van der Waals surface area (Å²) in [5.74, 6) is -5.37. The molecule has 2 aliphatic heterocycles. The molecule has 21 heteroatoms. The zero-order valence-electron chi connectivity index (χ0n) is 29.2. The number of rotatable bonds is 13. The van der Waals surface area contributed by atoms with Crippen molar-refractivity contribution < 1.29 is 69.6 Å². The van der Waals surface area contributed by atoms with Gasteiger partial charge in [0.15, 0.2) is 0 Å². The summed E-state index contributed by atoms with van der Waals surface area (Å²) in [4.78, 5) is 60.0. The van der Waals surface area contributed by atoms with Gasteiger partial charge in [0.1, 0.15) is 42.0 Å². The number of nitrogens with two attached hydrogens (primary N) is 5. The number of aliphatic hydroxyl groups is 1. The fourth-order valence-electron chi connectivity index (χ4n) is 3.47. The largest absolute Gasteiger partial charge is 0.508 e. The molecule has 2 fully saturated rings. The van der Waals surface area contributed by atoms with Crippen LogP contribution in [0.3, 0.4) is 0 Å². The van der Waals surface area contributed by atoms with Crippen LogP contribution in [0.4, 0.5) is 0 Å². The molecule has 0 radical (unpaired) electrons. The molecule has 1 aromatic carbocycles. The maximum Gasteiger partial charge on any atom is 0.322 e. The van der Waals surface area contributed by atoms with Gasteiger partial charge < -0.3 is 80.2 Å². The van der Waals surface area contributed by atoms with E-state index in [0.29, 0.717) is 13.0 Å². The molecule has 0 aromatic heterocycles. The monoisotopic (exact) mass is 751 g/mol. The maximum absolute atomic E-state index is 10.4. The molecular weight excluding hydrogens is 694 g/mol. The highest BCUT2D eigenvalue weighted by Gasteiger charge is 2.21. The number of unbranched alkanes of at least 4 members (excludes halogenated alkanes) is 1. The fraction of sp³-hybridized carbons (Fsp3) is 0.613. The number of phenolic OH excluding ortho intramolecular Hbond substituents is 1. The summed E-state index contributed by atoms with van der Waals surface area (Å²) in [6, 6.07) is 2.32. The van der Waals surface area contributed by atoms with E-state index in [4.69, 9.17) is 69.5 Å². The van der Waals surface area contributed by atoms with Crippen molar-refractivity contribution in [3.05, 3.63) is 29.8 Å². The number of hydrogen-bond acceptors (Lipinski definition) is 15. The molecule has 300 valence electrons. The van der Waals surface area contributed by atoms with Crippen LogP contribution in [-0.4, -0.2) is 139 Å². The number of carboxylic acid groups (broad SMARTS) is 6. The Hall–Kier alpha value is -4.48. The first-order valence-electron chi connectivity index (χ1n) is 16.2. The van der Waals surface area contributed by atoms with E-state index in [1.54, 1.807) is 12.1 Å². The minimum Gasteiger partial charge on any atom is -0.508 e. The molecule has 52 heavy (non-hydrogen) atoms. The van der Waals surface area contributed by atoms with E-state index in [2.05, 4.69) is 10.6 Å². The summed E-state index contributed by atoms with van der Waals surface area (Å²) in [5, 5.41) is 72.0. The smallest absolute Gasteiger partial charge is 0.322 e. The van der Waals surface area contributed by atoms with Gasteiger partial charge in [0.2, 0.25) is 0 Å². The van der Waals surface area contributed by atoms with Crippen LogP contribution in [0.15, 0.2) is 24.3 Å². The topological polar surface area (TPSA) is 418 Å². The molecule has 6 atom stereocenters. The van der Waals surface area contributed by atoms with Gasteiger partial charge in [-0.2, -0.15) is 0 Å². The number of aliphatic hydroxyl groups excluding tert-OH is 1. The van der Waals surface area contributed by atoms with Crippen molar-refractivity contribution in [2.24, 2.45) is 28.7 Å². The molecule has 2 aliphatic rings. The SMILES string of the molecule is C[C@H](N)C(=O)O.NCCCC[C@H](N)C(=O)O.N[C@@H](CO)C(=O)O.N[C@@H](Cc1ccc(O)cc1)C(=O)O.O=C(O)[C@@H]1CCCN1.O=C(O)[C@@H]1CCCN1. The summed E-state index contributed by atoms with van der Waals surface area (Å²) >= 11 is 0. The van der Waals surface area contributed by atoms with Crippen LogP contribution in [0.1, 0.15) is 57.4 Å². The summed E-state index contributed by atoms with van der Waals surface area (Å²) < 4.78 is 0. The molecule has 0 saturated carbocycles. The van der Waals surface area contributed by atoms with Crippen molar-refractivity contribution in [1.82, 2.24) is 10.6 Å². The Morgan fingerprint density at radius 2 is 1.10 bits per heavy atom. The lowest BCUT2D eigenvalue weighted by Gasteiger charge is -2.05. The van der Waals surface area contributed by atoms with Crippen molar-refractivity contribution >= 4 is 35.8 Å². The maximum atomic E-state index is 10.4. The van der Waals surface area contributed by atoms with Gasteiger partial charge in [-0.25, -0.2) is 0 Å². The number of hydrogen-bond donors (Lipinski definition) is 15. The van der Waals surface area contributed by atoms with Crippen LogP contribution < -0.4 is 39.3 Å². The lowest BCUT2D eigenvalue weighted by atomic mass is 10.1. The third-order valence-corrected chi connectivity index (χ3v) is 6.62. The normalized spacial score (nSPS) is 17.7. The molecule has 20 N–H and O–H groups in total. The van der Waals surface area contributed by atoms with Crippen molar-refractivity contribution in [1.29, 1.82) is 0 Å². The molecule has 2 heterocycles. The first kappa shape index (κ1) is 51.9. The quantitative estimate of drug-likeness (QED) is 0.0913. The predicted molar refractivity (Wildman–Crippen MR) is 187 cm³/mol. The number of aliphatic carboxylic acids is 6. The predicted octanol–water partition coefficient (Wildman–Crippen LogP) is -2.67. The van der Waals surface area contributed by atoms with Gasteiger partial charge in [-0.15, -0.1) is 0 Å². The molecule has 2 saturated heterocycles. The Balaban J connectivity index is -0.000000565. The number of aromatic hydroxyl groups is 1. The minimum atomic E-state index is -1.18. The average Bonchev–Trinajstić information content (AvgIpc) is 3.83. The van der Waals surface area contributed by atoms with E-state index in [1.807, 2.05) is 0 Å². The zero-order valence-corrected chi connectivity index (χ0v) is 29.2. The van der Waals surface area contributed by atoms with Crippen LogP contribution in [0.5, 0.6) is 5.75 Å². The molecule has 0 bridgehead atoms. The molecule has 0 unspecified atom stereocenters. The molecule has 0 spiro atoms. The summed E-state index contributed by atoms with van der Waals surface area (Å²) in [5.41, 5.74) is 26.1. The fourth-order valence-corrected chi connectivity index (χ4v) is 3.47. The summed E-state index contributed by atoms with van der Waals surface area (Å²) in [6.07, 6.45) is 6.01. The first-order chi connectivity index (χ1) is 24.2. The Morgan fingerprint density at radius 1 is 0.692 bits per heavy atom. The van der Waals surface area contributed by atoms with Gasteiger partial charge in [0.05, 0.1) is 6.61 Å². The van der Waals surface area contributed by atoms with E-state index in [1.165, 1.54) is 19.1 Å². The molecule has 0 amide bonds. The van der Waals surface area contributed by atoms with E-state index in [-0.39, 0.29) is 24.3 Å². The van der Waals surface area contributed by atoms with Crippen LogP contribution in [-0.2, 0) is 35.2 Å². The van der Waals surface area contributed by atoms with E-state index < -0.39 is 66.6 Å². The molecule has 3 rings (SSSR count). The van der Waals surface area contributed by atoms with Crippen LogP contribution in [0.25, 0.3) is 0 Å². The highest BCUT2D eigenvalue weighted by molar-refractivity contribution is 5.75.